The second kappa shape index (κ2) is 6.56. The Morgan fingerprint density at radius 2 is 1.67 bits per heavy atom. The summed E-state index contributed by atoms with van der Waals surface area (Å²) in [4.78, 5) is 22.7. The van der Waals surface area contributed by atoms with E-state index in [2.05, 4.69) is 5.32 Å². The summed E-state index contributed by atoms with van der Waals surface area (Å²) in [6.45, 7) is 1.82. The number of carbonyl (C=O) groups excluding carboxylic acids is 2. The molecule has 0 aliphatic heterocycles. The number of rotatable bonds is 4. The Morgan fingerprint density at radius 3 is 2.24 bits per heavy atom. The number of carbonyl (C=O) groups is 2. The van der Waals surface area contributed by atoms with E-state index in [9.17, 15) is 9.59 Å². The van der Waals surface area contributed by atoms with Crippen LogP contribution in [0.2, 0.25) is 0 Å². The van der Waals surface area contributed by atoms with Gasteiger partial charge in [-0.2, -0.15) is 0 Å². The van der Waals surface area contributed by atoms with Crippen molar-refractivity contribution in [2.75, 3.05) is 5.32 Å². The number of esters is 1. The first-order valence-corrected chi connectivity index (χ1v) is 6.48. The van der Waals surface area contributed by atoms with Crippen molar-refractivity contribution in [3.8, 4) is 0 Å². The summed E-state index contributed by atoms with van der Waals surface area (Å²) in [7, 11) is 0. The van der Waals surface area contributed by atoms with Crippen LogP contribution in [0.3, 0.4) is 0 Å². The molecule has 0 radical (unpaired) electrons. The third-order valence-corrected chi connectivity index (χ3v) is 2.94. The fraction of sp³-hybridized carbons (Fsp3) is 0.125. The van der Waals surface area contributed by atoms with Crippen molar-refractivity contribution in [3.05, 3.63) is 65.7 Å². The molecule has 2 amide bonds. The zero-order valence-corrected chi connectivity index (χ0v) is 11.6. The lowest BCUT2D eigenvalue weighted by molar-refractivity contribution is 0.0338. The highest BCUT2D eigenvalue weighted by Crippen LogP contribution is 2.19. The van der Waals surface area contributed by atoms with Crippen molar-refractivity contribution in [1.29, 1.82) is 0 Å². The smallest absolute Gasteiger partial charge is 0.338 e. The van der Waals surface area contributed by atoms with Gasteiger partial charge >= 0.3 is 12.0 Å². The summed E-state index contributed by atoms with van der Waals surface area (Å²) < 4.78 is 5.39. The molecule has 1 atom stereocenters. The van der Waals surface area contributed by atoms with Crippen LogP contribution in [0.1, 0.15) is 28.9 Å². The normalized spacial score (nSPS) is 11.5. The first kappa shape index (κ1) is 14.6. The maximum Gasteiger partial charge on any atom is 0.338 e. The van der Waals surface area contributed by atoms with Crippen molar-refractivity contribution in [1.82, 2.24) is 0 Å². The molecule has 0 aromatic heterocycles. The summed E-state index contributed by atoms with van der Waals surface area (Å²) >= 11 is 0. The summed E-state index contributed by atoms with van der Waals surface area (Å²) in [5.74, 6) is -0.419. The molecule has 0 aliphatic carbocycles. The van der Waals surface area contributed by atoms with E-state index in [1.54, 1.807) is 24.3 Å². The lowest BCUT2D eigenvalue weighted by atomic mass is 10.1. The topological polar surface area (TPSA) is 81.4 Å². The fourth-order valence-corrected chi connectivity index (χ4v) is 1.85. The number of hydrogen-bond acceptors (Lipinski definition) is 3. The summed E-state index contributed by atoms with van der Waals surface area (Å²) in [6, 6.07) is 15.2. The van der Waals surface area contributed by atoms with Gasteiger partial charge < -0.3 is 15.8 Å². The van der Waals surface area contributed by atoms with Gasteiger partial charge in [-0.25, -0.2) is 9.59 Å². The average Bonchev–Trinajstić information content (AvgIpc) is 2.48. The van der Waals surface area contributed by atoms with Crippen molar-refractivity contribution in [2.24, 2.45) is 5.73 Å². The van der Waals surface area contributed by atoms with Gasteiger partial charge in [-0.1, -0.05) is 30.3 Å². The number of benzene rings is 2. The second-order valence-corrected chi connectivity index (χ2v) is 4.52. The fourth-order valence-electron chi connectivity index (χ4n) is 1.85. The van der Waals surface area contributed by atoms with Gasteiger partial charge in [-0.05, 0) is 36.8 Å². The van der Waals surface area contributed by atoms with Gasteiger partial charge in [0.1, 0.15) is 6.10 Å². The summed E-state index contributed by atoms with van der Waals surface area (Å²) in [6.07, 6.45) is -0.331. The van der Waals surface area contributed by atoms with E-state index in [0.717, 1.165) is 5.56 Å². The minimum atomic E-state index is -0.650. The number of nitrogens with one attached hydrogen (secondary N) is 1. The molecule has 0 heterocycles. The first-order chi connectivity index (χ1) is 10.1. The molecule has 0 spiro atoms. The Morgan fingerprint density at radius 1 is 1.05 bits per heavy atom. The number of ether oxygens (including phenoxy) is 1. The minimum absolute atomic E-state index is 0.331. The number of primary amides is 1. The Labute approximate surface area is 122 Å². The van der Waals surface area contributed by atoms with Gasteiger partial charge in [0.2, 0.25) is 0 Å². The average molecular weight is 284 g/mol. The van der Waals surface area contributed by atoms with Crippen molar-refractivity contribution in [2.45, 2.75) is 13.0 Å². The van der Waals surface area contributed by atoms with Gasteiger partial charge in [0.05, 0.1) is 5.56 Å². The van der Waals surface area contributed by atoms with Crippen LogP contribution in [0, 0.1) is 0 Å². The molecule has 0 aliphatic rings. The quantitative estimate of drug-likeness (QED) is 0.846. The van der Waals surface area contributed by atoms with Crippen LogP contribution >= 0.6 is 0 Å². The van der Waals surface area contributed by atoms with E-state index in [1.165, 1.54) is 0 Å². The van der Waals surface area contributed by atoms with Crippen LogP contribution in [-0.2, 0) is 4.74 Å². The largest absolute Gasteiger partial charge is 0.454 e. The third kappa shape index (κ3) is 4.07. The van der Waals surface area contributed by atoms with E-state index in [1.807, 2.05) is 37.3 Å². The Kier molecular flexibility index (Phi) is 4.56. The molecule has 0 saturated carbocycles. The summed E-state index contributed by atoms with van der Waals surface area (Å²) in [5.41, 5.74) is 6.87. The van der Waals surface area contributed by atoms with Crippen molar-refractivity contribution < 1.29 is 14.3 Å². The number of nitrogens with two attached hydrogens (primary N) is 1. The van der Waals surface area contributed by atoms with E-state index in [0.29, 0.717) is 11.3 Å². The predicted octanol–water partition coefficient (Wildman–Crippen LogP) is 3.10. The van der Waals surface area contributed by atoms with Gasteiger partial charge in [0.25, 0.3) is 0 Å². The lowest BCUT2D eigenvalue weighted by Crippen LogP contribution is -2.19. The van der Waals surface area contributed by atoms with Crippen LogP contribution in [0.4, 0.5) is 10.5 Å². The van der Waals surface area contributed by atoms with E-state index in [4.69, 9.17) is 10.5 Å². The van der Waals surface area contributed by atoms with Crippen molar-refractivity contribution in [3.63, 3.8) is 0 Å². The highest BCUT2D eigenvalue weighted by atomic mass is 16.5. The second-order valence-electron chi connectivity index (χ2n) is 4.52. The van der Waals surface area contributed by atoms with Crippen LogP contribution in [0.5, 0.6) is 0 Å². The predicted molar refractivity (Wildman–Crippen MR) is 79.9 cm³/mol. The molecular weight excluding hydrogens is 268 g/mol. The first-order valence-electron chi connectivity index (χ1n) is 6.48. The van der Waals surface area contributed by atoms with Crippen LogP contribution in [0.25, 0.3) is 0 Å². The number of anilines is 1. The number of urea groups is 1. The molecule has 2 rings (SSSR count). The number of amides is 2. The maximum atomic E-state index is 12.0. The molecule has 1 unspecified atom stereocenters. The SMILES string of the molecule is CC(OC(=O)c1ccc(NC(N)=O)cc1)c1ccccc1. The van der Waals surface area contributed by atoms with Crippen molar-refractivity contribution >= 4 is 17.7 Å². The van der Waals surface area contributed by atoms with Gasteiger partial charge in [0.15, 0.2) is 0 Å². The highest BCUT2D eigenvalue weighted by molar-refractivity contribution is 5.91. The molecule has 0 fully saturated rings. The van der Waals surface area contributed by atoms with Crippen LogP contribution in [-0.4, -0.2) is 12.0 Å². The Bertz CT molecular complexity index is 624. The maximum absolute atomic E-state index is 12.0. The molecule has 0 saturated heterocycles. The monoisotopic (exact) mass is 284 g/mol. The number of hydrogen-bond donors (Lipinski definition) is 2. The molecule has 5 heteroatoms. The molecule has 108 valence electrons. The van der Waals surface area contributed by atoms with E-state index < -0.39 is 12.0 Å². The van der Waals surface area contributed by atoms with Gasteiger partial charge in [-0.3, -0.25) is 0 Å². The Hall–Kier alpha value is -2.82. The van der Waals surface area contributed by atoms with E-state index in [-0.39, 0.29) is 6.10 Å². The lowest BCUT2D eigenvalue weighted by Gasteiger charge is -2.13. The Balaban J connectivity index is 2.01. The molecule has 21 heavy (non-hydrogen) atoms. The molecule has 3 N–H and O–H groups in total. The minimum Gasteiger partial charge on any atom is -0.454 e. The van der Waals surface area contributed by atoms with Crippen LogP contribution in [0.15, 0.2) is 54.6 Å². The highest BCUT2D eigenvalue weighted by Gasteiger charge is 2.13. The standard InChI is InChI=1S/C16H16N2O3/c1-11(12-5-3-2-4-6-12)21-15(19)13-7-9-14(10-8-13)18-16(17)20/h2-11H,1H3,(H3,17,18,20). The molecule has 2 aromatic rings. The van der Waals surface area contributed by atoms with Crippen LogP contribution < -0.4 is 11.1 Å². The molecule has 2 aromatic carbocycles. The molecule has 5 nitrogen and oxygen atoms in total. The van der Waals surface area contributed by atoms with E-state index >= 15 is 0 Å². The third-order valence-electron chi connectivity index (χ3n) is 2.94. The van der Waals surface area contributed by atoms with Gasteiger partial charge in [0, 0.05) is 5.69 Å². The molecular formula is C16H16N2O3. The zero-order chi connectivity index (χ0) is 15.2. The summed E-state index contributed by atoms with van der Waals surface area (Å²) in [5, 5.41) is 2.42. The molecule has 0 bridgehead atoms. The zero-order valence-electron chi connectivity index (χ0n) is 11.6. The van der Waals surface area contributed by atoms with Gasteiger partial charge in [-0.15, -0.1) is 0 Å².